The standard InChI is InChI=1S/C19H27FN2O2/c1-2-3-4-18(23)21-17-11-13-22(14-12-17)19(24)10-7-15-5-8-16(20)9-6-15/h5-6,8-9,17H,2-4,7,10-14H2,1H3,(H,21,23). The number of nitrogens with zero attached hydrogens (tertiary/aromatic N) is 1. The van der Waals surface area contributed by atoms with Crippen LogP contribution in [0, 0.1) is 5.82 Å². The first kappa shape index (κ1) is 18.4. The van der Waals surface area contributed by atoms with Crippen LogP contribution in [0.25, 0.3) is 0 Å². The van der Waals surface area contributed by atoms with E-state index >= 15 is 0 Å². The molecule has 1 N–H and O–H groups in total. The van der Waals surface area contributed by atoms with Crippen molar-refractivity contribution in [3.05, 3.63) is 35.6 Å². The van der Waals surface area contributed by atoms with Crippen molar-refractivity contribution in [2.24, 2.45) is 0 Å². The molecule has 0 unspecified atom stereocenters. The smallest absolute Gasteiger partial charge is 0.222 e. The van der Waals surface area contributed by atoms with E-state index in [4.69, 9.17) is 0 Å². The Morgan fingerprint density at radius 2 is 1.83 bits per heavy atom. The lowest BCUT2D eigenvalue weighted by atomic mass is 10.0. The second-order valence-corrected chi connectivity index (χ2v) is 6.45. The number of carbonyl (C=O) groups is 2. The van der Waals surface area contributed by atoms with E-state index < -0.39 is 0 Å². The normalized spacial score (nSPS) is 15.3. The molecule has 132 valence electrons. The van der Waals surface area contributed by atoms with Gasteiger partial charge in [0.2, 0.25) is 11.8 Å². The summed E-state index contributed by atoms with van der Waals surface area (Å²) in [5.74, 6) is 0.00107. The molecule has 2 rings (SSSR count). The first-order valence-corrected chi connectivity index (χ1v) is 8.90. The Bertz CT molecular complexity index is 537. The first-order chi connectivity index (χ1) is 11.6. The summed E-state index contributed by atoms with van der Waals surface area (Å²) < 4.78 is 12.9. The third-order valence-electron chi connectivity index (χ3n) is 4.51. The lowest BCUT2D eigenvalue weighted by molar-refractivity contribution is -0.132. The zero-order valence-electron chi connectivity index (χ0n) is 14.4. The highest BCUT2D eigenvalue weighted by Crippen LogP contribution is 2.13. The summed E-state index contributed by atoms with van der Waals surface area (Å²) in [6.45, 7) is 3.46. The molecule has 1 aromatic rings. The predicted molar refractivity (Wildman–Crippen MR) is 92.0 cm³/mol. The number of hydrogen-bond donors (Lipinski definition) is 1. The van der Waals surface area contributed by atoms with E-state index in [1.54, 1.807) is 12.1 Å². The van der Waals surface area contributed by atoms with Crippen LogP contribution in [0.5, 0.6) is 0 Å². The van der Waals surface area contributed by atoms with Crippen LogP contribution in [0.15, 0.2) is 24.3 Å². The number of carbonyl (C=O) groups excluding carboxylic acids is 2. The maximum atomic E-state index is 12.9. The predicted octanol–water partition coefficient (Wildman–Crippen LogP) is 3.06. The Morgan fingerprint density at radius 3 is 2.46 bits per heavy atom. The summed E-state index contributed by atoms with van der Waals surface area (Å²) in [6, 6.07) is 6.48. The molecule has 5 heteroatoms. The van der Waals surface area contributed by atoms with Gasteiger partial charge < -0.3 is 10.2 Å². The number of piperidine rings is 1. The molecular formula is C19H27FN2O2. The Hall–Kier alpha value is -1.91. The number of rotatable bonds is 7. The van der Waals surface area contributed by atoms with E-state index in [9.17, 15) is 14.0 Å². The summed E-state index contributed by atoms with van der Waals surface area (Å²) in [7, 11) is 0. The number of nitrogens with one attached hydrogen (secondary N) is 1. The van der Waals surface area contributed by atoms with Gasteiger partial charge in [-0.25, -0.2) is 4.39 Å². The van der Waals surface area contributed by atoms with Gasteiger partial charge in [0.05, 0.1) is 0 Å². The Labute approximate surface area is 143 Å². The molecule has 0 saturated carbocycles. The number of halogens is 1. The van der Waals surface area contributed by atoms with Crippen molar-refractivity contribution >= 4 is 11.8 Å². The van der Waals surface area contributed by atoms with E-state index in [0.717, 1.165) is 31.2 Å². The highest BCUT2D eigenvalue weighted by molar-refractivity contribution is 5.77. The molecule has 0 spiro atoms. The van der Waals surface area contributed by atoms with Gasteiger partial charge in [0.1, 0.15) is 5.82 Å². The molecular weight excluding hydrogens is 307 g/mol. The van der Waals surface area contributed by atoms with Gasteiger partial charge in [-0.3, -0.25) is 9.59 Å². The summed E-state index contributed by atoms with van der Waals surface area (Å²) in [6.07, 6.45) is 5.25. The molecule has 1 fully saturated rings. The number of benzene rings is 1. The quantitative estimate of drug-likeness (QED) is 0.833. The number of aryl methyl sites for hydroxylation is 1. The third-order valence-corrected chi connectivity index (χ3v) is 4.51. The maximum absolute atomic E-state index is 12.9. The van der Waals surface area contributed by atoms with Crippen molar-refractivity contribution in [3.63, 3.8) is 0 Å². The van der Waals surface area contributed by atoms with Gasteiger partial charge in [-0.2, -0.15) is 0 Å². The van der Waals surface area contributed by atoms with Crippen LogP contribution in [0.4, 0.5) is 4.39 Å². The maximum Gasteiger partial charge on any atom is 0.222 e. The third kappa shape index (κ3) is 5.95. The second-order valence-electron chi connectivity index (χ2n) is 6.45. The van der Waals surface area contributed by atoms with Crippen LogP contribution < -0.4 is 5.32 Å². The molecule has 1 aromatic carbocycles. The van der Waals surface area contributed by atoms with Gasteiger partial charge in [-0.1, -0.05) is 25.5 Å². The minimum absolute atomic E-state index is 0.123. The average molecular weight is 334 g/mol. The molecule has 1 heterocycles. The molecule has 1 aliphatic heterocycles. The minimum atomic E-state index is -0.256. The topological polar surface area (TPSA) is 49.4 Å². The van der Waals surface area contributed by atoms with Crippen molar-refractivity contribution in [2.45, 2.75) is 57.9 Å². The zero-order chi connectivity index (χ0) is 17.4. The lowest BCUT2D eigenvalue weighted by Gasteiger charge is -2.32. The Balaban J connectivity index is 1.68. The average Bonchev–Trinajstić information content (AvgIpc) is 2.60. The van der Waals surface area contributed by atoms with Crippen LogP contribution in [0.3, 0.4) is 0 Å². The molecule has 2 amide bonds. The fourth-order valence-corrected chi connectivity index (χ4v) is 2.97. The monoisotopic (exact) mass is 334 g/mol. The van der Waals surface area contributed by atoms with Crippen molar-refractivity contribution in [3.8, 4) is 0 Å². The van der Waals surface area contributed by atoms with E-state index in [2.05, 4.69) is 12.2 Å². The van der Waals surface area contributed by atoms with Gasteiger partial charge >= 0.3 is 0 Å². The fourth-order valence-electron chi connectivity index (χ4n) is 2.97. The number of amides is 2. The number of unbranched alkanes of at least 4 members (excludes halogenated alkanes) is 1. The molecule has 0 bridgehead atoms. The van der Waals surface area contributed by atoms with Gasteiger partial charge in [0, 0.05) is 32.0 Å². The number of hydrogen-bond acceptors (Lipinski definition) is 2. The molecule has 0 aliphatic carbocycles. The van der Waals surface area contributed by atoms with Crippen LogP contribution >= 0.6 is 0 Å². The van der Waals surface area contributed by atoms with E-state index in [0.29, 0.717) is 32.4 Å². The van der Waals surface area contributed by atoms with Crippen molar-refractivity contribution in [1.82, 2.24) is 10.2 Å². The molecule has 1 saturated heterocycles. The second kappa shape index (κ2) is 9.40. The van der Waals surface area contributed by atoms with Crippen LogP contribution in [0.1, 0.15) is 51.0 Å². The van der Waals surface area contributed by atoms with Gasteiger partial charge in [-0.05, 0) is 43.4 Å². The number of likely N-dealkylation sites (tertiary alicyclic amines) is 1. The summed E-state index contributed by atoms with van der Waals surface area (Å²) in [5.41, 5.74) is 0.975. The molecule has 0 aromatic heterocycles. The minimum Gasteiger partial charge on any atom is -0.353 e. The van der Waals surface area contributed by atoms with Gasteiger partial charge in [-0.15, -0.1) is 0 Å². The van der Waals surface area contributed by atoms with Crippen LogP contribution in [-0.4, -0.2) is 35.8 Å². The fraction of sp³-hybridized carbons (Fsp3) is 0.579. The van der Waals surface area contributed by atoms with Crippen LogP contribution in [-0.2, 0) is 16.0 Å². The van der Waals surface area contributed by atoms with Gasteiger partial charge in [0.15, 0.2) is 0 Å². The molecule has 0 radical (unpaired) electrons. The summed E-state index contributed by atoms with van der Waals surface area (Å²) in [4.78, 5) is 25.9. The van der Waals surface area contributed by atoms with Gasteiger partial charge in [0.25, 0.3) is 0 Å². The van der Waals surface area contributed by atoms with E-state index in [1.807, 2.05) is 4.90 Å². The van der Waals surface area contributed by atoms with Crippen molar-refractivity contribution < 1.29 is 14.0 Å². The summed E-state index contributed by atoms with van der Waals surface area (Å²) in [5, 5.41) is 3.06. The largest absolute Gasteiger partial charge is 0.353 e. The van der Waals surface area contributed by atoms with Crippen molar-refractivity contribution in [1.29, 1.82) is 0 Å². The molecule has 4 nitrogen and oxygen atoms in total. The zero-order valence-corrected chi connectivity index (χ0v) is 14.4. The van der Waals surface area contributed by atoms with E-state index in [-0.39, 0.29) is 23.7 Å². The van der Waals surface area contributed by atoms with E-state index in [1.165, 1.54) is 12.1 Å². The highest BCUT2D eigenvalue weighted by Gasteiger charge is 2.23. The lowest BCUT2D eigenvalue weighted by Crippen LogP contribution is -2.46. The molecule has 0 atom stereocenters. The van der Waals surface area contributed by atoms with Crippen molar-refractivity contribution in [2.75, 3.05) is 13.1 Å². The first-order valence-electron chi connectivity index (χ1n) is 8.90. The van der Waals surface area contributed by atoms with Crippen LogP contribution in [0.2, 0.25) is 0 Å². The SMILES string of the molecule is CCCCC(=O)NC1CCN(C(=O)CCc2ccc(F)cc2)CC1. The Morgan fingerprint density at radius 1 is 1.17 bits per heavy atom. The Kier molecular flexibility index (Phi) is 7.22. The molecule has 24 heavy (non-hydrogen) atoms. The highest BCUT2D eigenvalue weighted by atomic mass is 19.1. The summed E-state index contributed by atoms with van der Waals surface area (Å²) >= 11 is 0. The molecule has 1 aliphatic rings.